The van der Waals surface area contributed by atoms with Gasteiger partial charge in [-0.1, -0.05) is 60.7 Å². The number of nitrogens with zero attached hydrogens (tertiary/aromatic N) is 1. The zero-order valence-corrected chi connectivity index (χ0v) is 15.7. The van der Waals surface area contributed by atoms with Gasteiger partial charge in [-0.3, -0.25) is 0 Å². The van der Waals surface area contributed by atoms with Crippen molar-refractivity contribution in [3.63, 3.8) is 0 Å². The van der Waals surface area contributed by atoms with Gasteiger partial charge in [0.05, 0.1) is 7.11 Å². The first kappa shape index (κ1) is 18.0. The molecule has 0 N–H and O–H groups in total. The number of carbonyl (C=O) groups is 1. The van der Waals surface area contributed by atoms with E-state index in [1.807, 2.05) is 84.9 Å². The average Bonchev–Trinajstić information content (AvgIpc) is 3.06. The smallest absolute Gasteiger partial charge is 0.341 e. The van der Waals surface area contributed by atoms with E-state index >= 15 is 0 Å². The Bertz CT molecular complexity index is 981. The molecule has 0 aliphatic carbocycles. The highest BCUT2D eigenvalue weighted by molar-refractivity contribution is 6.08. The summed E-state index contributed by atoms with van der Waals surface area (Å²) in [5, 5.41) is 0. The summed E-state index contributed by atoms with van der Waals surface area (Å²) in [5.41, 5.74) is 1.87. The maximum Gasteiger partial charge on any atom is 0.341 e. The first-order valence-electron chi connectivity index (χ1n) is 9.23. The summed E-state index contributed by atoms with van der Waals surface area (Å²) >= 11 is 0. The van der Waals surface area contributed by atoms with Crippen molar-refractivity contribution in [2.45, 2.75) is 18.4 Å². The van der Waals surface area contributed by atoms with E-state index in [9.17, 15) is 4.79 Å². The Morgan fingerprint density at radius 2 is 1.39 bits per heavy atom. The van der Waals surface area contributed by atoms with Crippen molar-refractivity contribution >= 4 is 11.9 Å². The van der Waals surface area contributed by atoms with Crippen LogP contribution in [0.25, 0.3) is 0 Å². The van der Waals surface area contributed by atoms with Crippen LogP contribution < -0.4 is 4.74 Å². The monoisotopic (exact) mass is 371 g/mol. The molecule has 0 radical (unpaired) electrons. The van der Waals surface area contributed by atoms with Crippen LogP contribution in [0, 0.1) is 0 Å². The van der Waals surface area contributed by atoms with Crippen molar-refractivity contribution in [3.8, 4) is 5.75 Å². The van der Waals surface area contributed by atoms with E-state index in [4.69, 9.17) is 14.5 Å². The minimum absolute atomic E-state index is 0.314. The lowest BCUT2D eigenvalue weighted by atomic mass is 9.85. The number of hydrogen-bond donors (Lipinski definition) is 0. The molecule has 0 unspecified atom stereocenters. The van der Waals surface area contributed by atoms with E-state index in [0.29, 0.717) is 18.7 Å². The van der Waals surface area contributed by atoms with E-state index in [-0.39, 0.29) is 5.97 Å². The van der Waals surface area contributed by atoms with Crippen LogP contribution in [0.3, 0.4) is 0 Å². The molecule has 1 atom stereocenters. The first-order chi connectivity index (χ1) is 13.7. The number of hydrogen-bond acceptors (Lipinski definition) is 4. The maximum atomic E-state index is 13.1. The molecular formula is C24H21NO3. The predicted octanol–water partition coefficient (Wildman–Crippen LogP) is 4.22. The van der Waals surface area contributed by atoms with Crippen molar-refractivity contribution in [1.82, 2.24) is 0 Å². The number of aliphatic imine (C=N–C) groups is 1. The molecule has 1 heterocycles. The molecule has 1 aliphatic rings. The number of rotatable bonds is 6. The van der Waals surface area contributed by atoms with Crippen molar-refractivity contribution in [2.24, 2.45) is 4.99 Å². The third kappa shape index (κ3) is 3.67. The Morgan fingerprint density at radius 3 is 2.00 bits per heavy atom. The second-order valence-electron chi connectivity index (χ2n) is 6.89. The Labute approximate surface area is 164 Å². The fraction of sp³-hybridized carbons (Fsp3) is 0.167. The van der Waals surface area contributed by atoms with Crippen LogP contribution in [0.2, 0.25) is 0 Å². The number of carbonyl (C=O) groups excluding carboxylic acids is 1. The third-order valence-electron chi connectivity index (χ3n) is 4.90. The van der Waals surface area contributed by atoms with Gasteiger partial charge in [0, 0.05) is 18.4 Å². The van der Waals surface area contributed by atoms with Gasteiger partial charge in [0.25, 0.3) is 0 Å². The van der Waals surface area contributed by atoms with E-state index in [0.717, 1.165) is 22.4 Å². The molecule has 4 rings (SSSR count). The fourth-order valence-corrected chi connectivity index (χ4v) is 3.45. The van der Waals surface area contributed by atoms with Gasteiger partial charge in [-0.05, 0) is 35.4 Å². The van der Waals surface area contributed by atoms with Gasteiger partial charge in [0.2, 0.25) is 5.90 Å². The van der Waals surface area contributed by atoms with Gasteiger partial charge >= 0.3 is 5.97 Å². The maximum absolute atomic E-state index is 13.1. The van der Waals surface area contributed by atoms with E-state index in [1.54, 1.807) is 7.11 Å². The average molecular weight is 371 g/mol. The van der Waals surface area contributed by atoms with Crippen molar-refractivity contribution < 1.29 is 14.3 Å². The summed E-state index contributed by atoms with van der Waals surface area (Å²) in [7, 11) is 1.64. The Morgan fingerprint density at radius 1 is 0.821 bits per heavy atom. The molecule has 0 bridgehead atoms. The highest BCUT2D eigenvalue weighted by atomic mass is 16.6. The van der Waals surface area contributed by atoms with Crippen LogP contribution in [0.5, 0.6) is 5.75 Å². The standard InChI is InChI=1S/C24H21NO3/c1-27-21-14-12-19(13-15-21)17-24(16-18-8-4-2-5-9-18)23(26)28-22(25-24)20-10-6-3-7-11-20/h2-15H,16-17H2,1H3/t24-/m1/s1. The van der Waals surface area contributed by atoms with Crippen LogP contribution in [0.1, 0.15) is 16.7 Å². The minimum atomic E-state index is -0.985. The number of methoxy groups -OCH3 is 1. The molecule has 0 fully saturated rings. The largest absolute Gasteiger partial charge is 0.497 e. The molecule has 0 spiro atoms. The normalized spacial score (nSPS) is 18.5. The summed E-state index contributed by atoms with van der Waals surface area (Å²) < 4.78 is 10.9. The Kier molecular flexibility index (Phi) is 4.94. The van der Waals surface area contributed by atoms with E-state index in [1.165, 1.54) is 0 Å². The minimum Gasteiger partial charge on any atom is -0.497 e. The Balaban J connectivity index is 1.72. The van der Waals surface area contributed by atoms with E-state index < -0.39 is 5.54 Å². The van der Waals surface area contributed by atoms with Crippen LogP contribution in [0.15, 0.2) is 89.9 Å². The van der Waals surface area contributed by atoms with Gasteiger partial charge < -0.3 is 9.47 Å². The molecule has 0 aromatic heterocycles. The van der Waals surface area contributed by atoms with Crippen molar-refractivity contribution in [2.75, 3.05) is 7.11 Å². The van der Waals surface area contributed by atoms with Crippen molar-refractivity contribution in [1.29, 1.82) is 0 Å². The zero-order valence-electron chi connectivity index (χ0n) is 15.7. The summed E-state index contributed by atoms with van der Waals surface area (Å²) in [4.78, 5) is 17.9. The highest BCUT2D eigenvalue weighted by Gasteiger charge is 2.46. The molecule has 0 saturated carbocycles. The van der Waals surface area contributed by atoms with Gasteiger partial charge in [0.15, 0.2) is 5.54 Å². The SMILES string of the molecule is COc1ccc(C[C@@]2(Cc3ccccc3)N=C(c3ccccc3)OC2=O)cc1. The van der Waals surface area contributed by atoms with Crippen LogP contribution in [0.4, 0.5) is 0 Å². The van der Waals surface area contributed by atoms with Gasteiger partial charge in [-0.2, -0.15) is 0 Å². The van der Waals surface area contributed by atoms with Crippen LogP contribution >= 0.6 is 0 Å². The third-order valence-corrected chi connectivity index (χ3v) is 4.90. The lowest BCUT2D eigenvalue weighted by Gasteiger charge is -2.22. The van der Waals surface area contributed by atoms with Gasteiger partial charge in [-0.25, -0.2) is 9.79 Å². The van der Waals surface area contributed by atoms with Crippen molar-refractivity contribution in [3.05, 3.63) is 102 Å². The summed E-state index contributed by atoms with van der Waals surface area (Å²) in [6, 6.07) is 27.2. The number of benzene rings is 3. The number of cyclic esters (lactones) is 1. The molecule has 3 aromatic rings. The highest BCUT2D eigenvalue weighted by Crippen LogP contribution is 2.31. The lowest BCUT2D eigenvalue weighted by molar-refractivity contribution is -0.139. The molecule has 0 amide bonds. The quantitative estimate of drug-likeness (QED) is 0.610. The summed E-state index contributed by atoms with van der Waals surface area (Å²) in [6.07, 6.45) is 0.941. The predicted molar refractivity (Wildman–Crippen MR) is 109 cm³/mol. The topological polar surface area (TPSA) is 47.9 Å². The fourth-order valence-electron chi connectivity index (χ4n) is 3.45. The van der Waals surface area contributed by atoms with E-state index in [2.05, 4.69) is 0 Å². The molecule has 0 saturated heterocycles. The molecular weight excluding hydrogens is 350 g/mol. The second-order valence-corrected chi connectivity index (χ2v) is 6.89. The summed E-state index contributed by atoms with van der Waals surface area (Å²) in [5.74, 6) is 0.851. The number of ether oxygens (including phenoxy) is 2. The summed E-state index contributed by atoms with van der Waals surface area (Å²) in [6.45, 7) is 0. The first-order valence-corrected chi connectivity index (χ1v) is 9.23. The van der Waals surface area contributed by atoms with Gasteiger partial charge in [0.1, 0.15) is 5.75 Å². The van der Waals surface area contributed by atoms with Gasteiger partial charge in [-0.15, -0.1) is 0 Å². The lowest BCUT2D eigenvalue weighted by Crippen LogP contribution is -2.38. The molecule has 3 aromatic carbocycles. The zero-order chi connectivity index (χ0) is 19.4. The Hall–Kier alpha value is -3.40. The second kappa shape index (κ2) is 7.69. The number of esters is 1. The molecule has 4 nitrogen and oxygen atoms in total. The molecule has 28 heavy (non-hydrogen) atoms. The van der Waals surface area contributed by atoms with Crippen LogP contribution in [-0.2, 0) is 22.4 Å². The molecule has 1 aliphatic heterocycles. The molecule has 4 heteroatoms. The van der Waals surface area contributed by atoms with Crippen LogP contribution in [-0.4, -0.2) is 24.5 Å². The molecule has 140 valence electrons.